The minimum Gasteiger partial charge on any atom is -0.378 e. The number of hydrogen-bond acceptors (Lipinski definition) is 7. The lowest BCUT2D eigenvalue weighted by atomic mass is 10.2. The van der Waals surface area contributed by atoms with Crippen molar-refractivity contribution in [2.24, 2.45) is 5.10 Å². The van der Waals surface area contributed by atoms with Gasteiger partial charge in [-0.15, -0.1) is 5.10 Å². The molecule has 6 rings (SSSR count). The molecule has 1 N–H and O–H groups in total. The predicted octanol–water partition coefficient (Wildman–Crippen LogP) is 4.48. The standard InChI is InChI=1S/C28H28N8O/c1-20-7-6-8-22(15-20)17-29-32-27-16-26(34-11-13-37-14-12-34)28-31-25(19-35(28)33-27)24-18-30-36(21(24)2)23-9-4-3-5-10-23/h3-10,15-19H,11-14H2,1-2H3,(H,32,33)/b29-17+. The fourth-order valence-corrected chi connectivity index (χ4v) is 4.60. The highest BCUT2D eigenvalue weighted by atomic mass is 16.5. The summed E-state index contributed by atoms with van der Waals surface area (Å²) in [5, 5.41) is 13.8. The van der Waals surface area contributed by atoms with Gasteiger partial charge in [0.15, 0.2) is 11.5 Å². The first-order valence-corrected chi connectivity index (χ1v) is 12.3. The molecule has 186 valence electrons. The van der Waals surface area contributed by atoms with Crippen LogP contribution in [0.25, 0.3) is 22.6 Å². The van der Waals surface area contributed by atoms with Gasteiger partial charge in [0, 0.05) is 24.7 Å². The molecule has 9 heteroatoms. The van der Waals surface area contributed by atoms with Crippen molar-refractivity contribution in [1.82, 2.24) is 24.4 Å². The monoisotopic (exact) mass is 492 g/mol. The number of aromatic nitrogens is 5. The predicted molar refractivity (Wildman–Crippen MR) is 146 cm³/mol. The van der Waals surface area contributed by atoms with Crippen LogP contribution in [0.5, 0.6) is 0 Å². The lowest BCUT2D eigenvalue weighted by Gasteiger charge is -2.29. The number of imidazole rings is 1. The third kappa shape index (κ3) is 4.68. The maximum absolute atomic E-state index is 5.59. The lowest BCUT2D eigenvalue weighted by Crippen LogP contribution is -2.36. The second-order valence-corrected chi connectivity index (χ2v) is 9.08. The molecule has 3 aromatic heterocycles. The zero-order valence-corrected chi connectivity index (χ0v) is 20.9. The van der Waals surface area contributed by atoms with Crippen LogP contribution >= 0.6 is 0 Å². The Hall–Kier alpha value is -4.50. The highest BCUT2D eigenvalue weighted by molar-refractivity contribution is 5.81. The van der Waals surface area contributed by atoms with Crippen molar-refractivity contribution in [1.29, 1.82) is 0 Å². The SMILES string of the molecule is Cc1cccc(/C=N/Nc2cc(N3CCOCC3)c3nc(-c4cnn(-c5ccccc5)c4C)cn3n2)c1. The van der Waals surface area contributed by atoms with Crippen molar-refractivity contribution in [3.8, 4) is 16.9 Å². The minimum absolute atomic E-state index is 0.638. The fourth-order valence-electron chi connectivity index (χ4n) is 4.60. The maximum atomic E-state index is 5.59. The van der Waals surface area contributed by atoms with Crippen molar-refractivity contribution >= 4 is 23.4 Å². The van der Waals surface area contributed by atoms with Crippen LogP contribution in [0.3, 0.4) is 0 Å². The van der Waals surface area contributed by atoms with Gasteiger partial charge in [-0.2, -0.15) is 10.2 Å². The van der Waals surface area contributed by atoms with E-state index in [2.05, 4.69) is 46.5 Å². The fraction of sp³-hybridized carbons (Fsp3) is 0.214. The van der Waals surface area contributed by atoms with Gasteiger partial charge in [0.1, 0.15) is 0 Å². The van der Waals surface area contributed by atoms with Gasteiger partial charge >= 0.3 is 0 Å². The number of fused-ring (bicyclic) bond motifs is 1. The number of nitrogens with one attached hydrogen (secondary N) is 1. The molecule has 0 aliphatic carbocycles. The molecular weight excluding hydrogens is 464 g/mol. The first-order chi connectivity index (χ1) is 18.2. The van der Waals surface area contributed by atoms with Gasteiger partial charge in [0.05, 0.1) is 54.6 Å². The Morgan fingerprint density at radius 3 is 2.65 bits per heavy atom. The van der Waals surface area contributed by atoms with E-state index in [1.165, 1.54) is 5.56 Å². The van der Waals surface area contributed by atoms with Gasteiger partial charge < -0.3 is 9.64 Å². The second kappa shape index (κ2) is 9.87. The van der Waals surface area contributed by atoms with Crippen LogP contribution in [0.15, 0.2) is 78.2 Å². The van der Waals surface area contributed by atoms with E-state index in [1.54, 1.807) is 6.21 Å². The summed E-state index contributed by atoms with van der Waals surface area (Å²) in [6, 6.07) is 20.3. The van der Waals surface area contributed by atoms with Gasteiger partial charge in [-0.1, -0.05) is 48.0 Å². The first kappa shape index (κ1) is 22.9. The Balaban J connectivity index is 1.37. The molecule has 9 nitrogen and oxygen atoms in total. The summed E-state index contributed by atoms with van der Waals surface area (Å²) < 4.78 is 9.34. The van der Waals surface area contributed by atoms with Crippen LogP contribution in [0.1, 0.15) is 16.8 Å². The molecule has 0 saturated carbocycles. The summed E-state index contributed by atoms with van der Waals surface area (Å²) in [6.07, 6.45) is 5.62. The molecule has 0 atom stereocenters. The normalized spacial score (nSPS) is 14.1. The van der Waals surface area contributed by atoms with Gasteiger partial charge in [-0.3, -0.25) is 5.43 Å². The Morgan fingerprint density at radius 1 is 1.00 bits per heavy atom. The molecule has 0 bridgehead atoms. The van der Waals surface area contributed by atoms with Crippen molar-refractivity contribution in [2.75, 3.05) is 36.6 Å². The highest BCUT2D eigenvalue weighted by Crippen LogP contribution is 2.30. The summed E-state index contributed by atoms with van der Waals surface area (Å²) in [4.78, 5) is 7.29. The van der Waals surface area contributed by atoms with Crippen LogP contribution in [0.2, 0.25) is 0 Å². The number of hydrogen-bond donors (Lipinski definition) is 1. The summed E-state index contributed by atoms with van der Waals surface area (Å²) in [5.74, 6) is 0.638. The topological polar surface area (TPSA) is 84.9 Å². The van der Waals surface area contributed by atoms with Crippen LogP contribution in [-0.2, 0) is 4.74 Å². The largest absolute Gasteiger partial charge is 0.378 e. The molecule has 2 aromatic carbocycles. The average Bonchev–Trinajstić information content (AvgIpc) is 3.52. The Labute approximate surface area is 215 Å². The number of benzene rings is 2. The number of para-hydroxylation sites is 1. The number of hydrazone groups is 1. The molecule has 0 amide bonds. The zero-order chi connectivity index (χ0) is 25.2. The molecule has 0 radical (unpaired) electrons. The van der Waals surface area contributed by atoms with E-state index in [4.69, 9.17) is 14.8 Å². The number of morpholine rings is 1. The first-order valence-electron chi connectivity index (χ1n) is 12.3. The highest BCUT2D eigenvalue weighted by Gasteiger charge is 2.20. The van der Waals surface area contributed by atoms with Crippen LogP contribution < -0.4 is 10.3 Å². The lowest BCUT2D eigenvalue weighted by molar-refractivity contribution is 0.123. The number of nitrogens with zero attached hydrogens (tertiary/aromatic N) is 7. The van der Waals surface area contributed by atoms with Crippen LogP contribution in [-0.4, -0.2) is 56.9 Å². The minimum atomic E-state index is 0.638. The van der Waals surface area contributed by atoms with E-state index < -0.39 is 0 Å². The van der Waals surface area contributed by atoms with Crippen molar-refractivity contribution in [2.45, 2.75) is 13.8 Å². The third-order valence-corrected chi connectivity index (χ3v) is 6.48. The van der Waals surface area contributed by atoms with E-state index in [0.29, 0.717) is 19.0 Å². The average molecular weight is 493 g/mol. The van der Waals surface area contributed by atoms with E-state index in [-0.39, 0.29) is 0 Å². The molecular formula is C28H28N8O. The van der Waals surface area contributed by atoms with Crippen molar-refractivity contribution in [3.05, 3.63) is 89.9 Å². The van der Waals surface area contributed by atoms with Crippen LogP contribution in [0.4, 0.5) is 11.5 Å². The smallest absolute Gasteiger partial charge is 0.177 e. The Morgan fingerprint density at radius 2 is 1.84 bits per heavy atom. The second-order valence-electron chi connectivity index (χ2n) is 9.08. The summed E-state index contributed by atoms with van der Waals surface area (Å²) in [5.41, 5.74) is 10.9. The van der Waals surface area contributed by atoms with Crippen LogP contribution in [0, 0.1) is 13.8 Å². The summed E-state index contributed by atoms with van der Waals surface area (Å²) in [6.45, 7) is 7.07. The molecule has 1 aliphatic rings. The third-order valence-electron chi connectivity index (χ3n) is 6.48. The summed E-state index contributed by atoms with van der Waals surface area (Å²) >= 11 is 0. The molecule has 1 saturated heterocycles. The summed E-state index contributed by atoms with van der Waals surface area (Å²) in [7, 11) is 0. The van der Waals surface area contributed by atoms with Crippen molar-refractivity contribution < 1.29 is 4.74 Å². The maximum Gasteiger partial charge on any atom is 0.177 e. The van der Waals surface area contributed by atoms with Gasteiger partial charge in [-0.25, -0.2) is 14.2 Å². The number of anilines is 2. The number of ether oxygens (including phenoxy) is 1. The van der Waals surface area contributed by atoms with E-state index in [0.717, 1.165) is 52.6 Å². The quantitative estimate of drug-likeness (QED) is 0.278. The number of rotatable bonds is 6. The number of aryl methyl sites for hydroxylation is 1. The molecule has 4 heterocycles. The Kier molecular flexibility index (Phi) is 6.11. The van der Waals surface area contributed by atoms with E-state index in [1.807, 2.05) is 70.1 Å². The Bertz CT molecular complexity index is 1560. The van der Waals surface area contributed by atoms with Gasteiger partial charge in [0.25, 0.3) is 0 Å². The molecule has 0 spiro atoms. The molecule has 5 aromatic rings. The molecule has 1 fully saturated rings. The van der Waals surface area contributed by atoms with E-state index >= 15 is 0 Å². The zero-order valence-electron chi connectivity index (χ0n) is 20.9. The van der Waals surface area contributed by atoms with Gasteiger partial charge in [-0.05, 0) is 31.5 Å². The molecule has 1 aliphatic heterocycles. The molecule has 37 heavy (non-hydrogen) atoms. The van der Waals surface area contributed by atoms with E-state index in [9.17, 15) is 0 Å². The van der Waals surface area contributed by atoms with Gasteiger partial charge in [0.2, 0.25) is 0 Å². The molecule has 0 unspecified atom stereocenters. The van der Waals surface area contributed by atoms with Crippen molar-refractivity contribution in [3.63, 3.8) is 0 Å².